The van der Waals surface area contributed by atoms with E-state index >= 15 is 0 Å². The largest absolute Gasteiger partial charge is 0.296 e. The van der Waals surface area contributed by atoms with Gasteiger partial charge in [-0.15, -0.1) is 0 Å². The van der Waals surface area contributed by atoms with Crippen molar-refractivity contribution in [2.45, 2.75) is 49.5 Å². The third kappa shape index (κ3) is 3.94. The molecule has 156 valence electrons. The summed E-state index contributed by atoms with van der Waals surface area (Å²) >= 11 is 0. The predicted molar refractivity (Wildman–Crippen MR) is 116 cm³/mol. The van der Waals surface area contributed by atoms with Gasteiger partial charge >= 0.3 is 0 Å². The Labute approximate surface area is 177 Å². The smallest absolute Gasteiger partial charge is 0.269 e. The number of aryl methyl sites for hydroxylation is 1. The maximum absolute atomic E-state index is 12.4. The van der Waals surface area contributed by atoms with Gasteiger partial charge in [0.05, 0.1) is 23.2 Å². The van der Waals surface area contributed by atoms with E-state index in [2.05, 4.69) is 35.1 Å². The number of aromatic nitrogens is 2. The van der Waals surface area contributed by atoms with E-state index in [1.165, 1.54) is 29.7 Å². The highest BCUT2D eigenvalue weighted by Crippen LogP contribution is 2.45. The van der Waals surface area contributed by atoms with E-state index in [4.69, 9.17) is 9.28 Å². The third-order valence-corrected chi connectivity index (χ3v) is 7.46. The van der Waals surface area contributed by atoms with E-state index in [0.717, 1.165) is 18.4 Å². The van der Waals surface area contributed by atoms with Gasteiger partial charge < -0.3 is 0 Å². The van der Waals surface area contributed by atoms with Crippen molar-refractivity contribution in [1.82, 2.24) is 9.78 Å². The van der Waals surface area contributed by atoms with Crippen molar-refractivity contribution < 1.29 is 12.6 Å². The van der Waals surface area contributed by atoms with E-state index in [9.17, 15) is 8.42 Å². The van der Waals surface area contributed by atoms with Crippen molar-refractivity contribution in [2.24, 2.45) is 5.92 Å². The molecule has 6 heteroatoms. The number of benzene rings is 2. The maximum atomic E-state index is 12.4. The Hall–Kier alpha value is -2.44. The molecule has 0 aliphatic heterocycles. The van der Waals surface area contributed by atoms with E-state index in [1.54, 1.807) is 24.3 Å². The van der Waals surface area contributed by atoms with Crippen molar-refractivity contribution in [3.8, 4) is 11.1 Å². The lowest BCUT2D eigenvalue weighted by atomic mass is 9.81. The highest BCUT2D eigenvalue weighted by Gasteiger charge is 2.35. The molecule has 0 bridgehead atoms. The second kappa shape index (κ2) is 7.67. The highest BCUT2D eigenvalue weighted by molar-refractivity contribution is 7.86. The van der Waals surface area contributed by atoms with Crippen LogP contribution < -0.4 is 0 Å². The van der Waals surface area contributed by atoms with Crippen LogP contribution in [0.5, 0.6) is 0 Å². The number of hydrogen-bond donors (Lipinski definition) is 0. The minimum absolute atomic E-state index is 0.220. The molecule has 2 fully saturated rings. The zero-order chi connectivity index (χ0) is 20.7. The minimum atomic E-state index is -3.69. The first-order valence-corrected chi connectivity index (χ1v) is 12.0. The quantitative estimate of drug-likeness (QED) is 0.498. The topological polar surface area (TPSA) is 61.2 Å². The second-order valence-corrected chi connectivity index (χ2v) is 10.2. The molecule has 1 aromatic heterocycles. The number of rotatable bonds is 7. The molecule has 0 N–H and O–H groups in total. The third-order valence-electron chi connectivity index (χ3n) is 6.16. The summed E-state index contributed by atoms with van der Waals surface area (Å²) in [6.45, 7) is 2.16. The normalized spacial score (nSPS) is 21.4. The fraction of sp³-hybridized carbons (Fsp3) is 0.375. The standard InChI is InChI=1S/C24H26N2O3S/c1-17-7-11-22(12-8-17)30(27,28)29-16-18-13-21(14-18)26-15-23(19-5-3-2-4-6-19)24(25-26)20-9-10-20/h2-8,11-12,15,18,20-21H,9-10,13-14,16H2,1H3. The van der Waals surface area contributed by atoms with Crippen LogP contribution in [0.4, 0.5) is 0 Å². The molecule has 0 radical (unpaired) electrons. The fourth-order valence-electron chi connectivity index (χ4n) is 4.10. The molecule has 0 saturated heterocycles. The van der Waals surface area contributed by atoms with Crippen molar-refractivity contribution in [3.63, 3.8) is 0 Å². The van der Waals surface area contributed by atoms with Crippen LogP contribution in [0.25, 0.3) is 11.1 Å². The van der Waals surface area contributed by atoms with Gasteiger partial charge in [-0.2, -0.15) is 13.5 Å². The Morgan fingerprint density at radius 1 is 1.03 bits per heavy atom. The lowest BCUT2D eigenvalue weighted by Gasteiger charge is -2.34. The van der Waals surface area contributed by atoms with Crippen LogP contribution in [0, 0.1) is 12.8 Å². The Bertz CT molecular complexity index is 1130. The van der Waals surface area contributed by atoms with Gasteiger partial charge in [-0.25, -0.2) is 0 Å². The summed E-state index contributed by atoms with van der Waals surface area (Å²) in [5.74, 6) is 0.823. The van der Waals surface area contributed by atoms with Gasteiger partial charge in [-0.3, -0.25) is 8.86 Å². The average Bonchev–Trinajstić information content (AvgIpc) is 3.47. The molecule has 2 aliphatic carbocycles. The van der Waals surface area contributed by atoms with Crippen molar-refractivity contribution in [1.29, 1.82) is 0 Å². The van der Waals surface area contributed by atoms with Gasteiger partial charge in [0.15, 0.2) is 0 Å². The van der Waals surface area contributed by atoms with Gasteiger partial charge in [0, 0.05) is 17.7 Å². The predicted octanol–water partition coefficient (Wildman–Crippen LogP) is 5.09. The van der Waals surface area contributed by atoms with Crippen molar-refractivity contribution in [2.75, 3.05) is 6.61 Å². The molecule has 5 nitrogen and oxygen atoms in total. The van der Waals surface area contributed by atoms with Crippen LogP contribution >= 0.6 is 0 Å². The molecular weight excluding hydrogens is 396 g/mol. The molecule has 30 heavy (non-hydrogen) atoms. The zero-order valence-electron chi connectivity index (χ0n) is 17.1. The van der Waals surface area contributed by atoms with Crippen LogP contribution in [0.3, 0.4) is 0 Å². The SMILES string of the molecule is Cc1ccc(S(=O)(=O)OCC2CC(n3cc(-c4ccccc4)c(C4CC4)n3)C2)cc1. The highest BCUT2D eigenvalue weighted by atomic mass is 32.2. The summed E-state index contributed by atoms with van der Waals surface area (Å²) in [4.78, 5) is 0.220. The summed E-state index contributed by atoms with van der Waals surface area (Å²) in [5.41, 5.74) is 4.69. The van der Waals surface area contributed by atoms with E-state index in [-0.39, 0.29) is 17.4 Å². The maximum Gasteiger partial charge on any atom is 0.296 e. The molecule has 1 heterocycles. The van der Waals surface area contributed by atoms with Gasteiger partial charge in [-0.1, -0.05) is 48.0 Å². The summed E-state index contributed by atoms with van der Waals surface area (Å²) in [6, 6.07) is 17.5. The second-order valence-electron chi connectivity index (χ2n) is 8.59. The fourth-order valence-corrected chi connectivity index (χ4v) is 5.08. The van der Waals surface area contributed by atoms with E-state index < -0.39 is 10.1 Å². The van der Waals surface area contributed by atoms with E-state index in [1.807, 2.05) is 13.0 Å². The van der Waals surface area contributed by atoms with Crippen molar-refractivity contribution >= 4 is 10.1 Å². The monoisotopic (exact) mass is 422 g/mol. The molecule has 0 spiro atoms. The summed E-state index contributed by atoms with van der Waals surface area (Å²) in [7, 11) is -3.69. The summed E-state index contributed by atoms with van der Waals surface area (Å²) < 4.78 is 32.2. The first kappa shape index (κ1) is 19.5. The average molecular weight is 423 g/mol. The van der Waals surface area contributed by atoms with Crippen LogP contribution in [0.1, 0.15) is 48.9 Å². The van der Waals surface area contributed by atoms with Crippen LogP contribution in [0.15, 0.2) is 65.7 Å². The number of nitrogens with zero attached hydrogens (tertiary/aromatic N) is 2. The summed E-state index contributed by atoms with van der Waals surface area (Å²) in [6.07, 6.45) is 6.39. The Balaban J connectivity index is 1.22. The van der Waals surface area contributed by atoms with Crippen molar-refractivity contribution in [3.05, 3.63) is 72.1 Å². The Kier molecular flexibility index (Phi) is 4.99. The van der Waals surface area contributed by atoms with Gasteiger partial charge in [0.2, 0.25) is 0 Å². The Morgan fingerprint density at radius 2 is 1.73 bits per heavy atom. The van der Waals surface area contributed by atoms with Gasteiger partial charge in [-0.05, 0) is 56.2 Å². The van der Waals surface area contributed by atoms with Crippen LogP contribution in [-0.2, 0) is 14.3 Å². The molecule has 0 amide bonds. The van der Waals surface area contributed by atoms with E-state index in [0.29, 0.717) is 12.0 Å². The molecule has 2 saturated carbocycles. The number of hydrogen-bond acceptors (Lipinski definition) is 4. The van der Waals surface area contributed by atoms with Crippen LogP contribution in [0.2, 0.25) is 0 Å². The minimum Gasteiger partial charge on any atom is -0.269 e. The zero-order valence-corrected chi connectivity index (χ0v) is 17.9. The molecule has 5 rings (SSSR count). The lowest BCUT2D eigenvalue weighted by molar-refractivity contribution is 0.120. The van der Waals surface area contributed by atoms with Gasteiger partial charge in [0.25, 0.3) is 10.1 Å². The molecule has 2 aliphatic rings. The molecule has 3 aromatic rings. The Morgan fingerprint density at radius 3 is 2.40 bits per heavy atom. The lowest BCUT2D eigenvalue weighted by Crippen LogP contribution is -2.31. The first-order chi connectivity index (χ1) is 14.5. The molecule has 2 aromatic carbocycles. The summed E-state index contributed by atoms with van der Waals surface area (Å²) in [5, 5.41) is 4.93. The molecular formula is C24H26N2O3S. The van der Waals surface area contributed by atoms with Crippen LogP contribution in [-0.4, -0.2) is 24.8 Å². The molecule has 0 atom stereocenters. The first-order valence-electron chi connectivity index (χ1n) is 10.6. The van der Waals surface area contributed by atoms with Gasteiger partial charge in [0.1, 0.15) is 0 Å². The molecule has 0 unspecified atom stereocenters.